The summed E-state index contributed by atoms with van der Waals surface area (Å²) in [5.74, 6) is 0.134. The molecule has 5 rings (SSSR count). The Morgan fingerprint density at radius 3 is 2.40 bits per heavy atom. The van der Waals surface area contributed by atoms with Gasteiger partial charge in [-0.25, -0.2) is 0 Å². The molecule has 2 N–H and O–H groups in total. The van der Waals surface area contributed by atoms with Gasteiger partial charge in [-0.15, -0.1) is 0 Å². The second kappa shape index (κ2) is 9.21. The number of nitrogens with one attached hydrogen (secondary N) is 2. The van der Waals surface area contributed by atoms with Crippen molar-refractivity contribution in [3.8, 4) is 5.75 Å². The summed E-state index contributed by atoms with van der Waals surface area (Å²) in [6, 6.07) is 5.77. The molecule has 2 saturated carbocycles. The summed E-state index contributed by atoms with van der Waals surface area (Å²) in [5.41, 5.74) is 0.727. The Hall–Kier alpha value is -3.03. The minimum atomic E-state index is -1.02. The minimum Gasteiger partial charge on any atom is -0.497 e. The number of aromatic nitrogens is 1. The van der Waals surface area contributed by atoms with Gasteiger partial charge in [0.15, 0.2) is 0 Å². The molecule has 0 spiro atoms. The molecule has 0 bridgehead atoms. The molecule has 1 aromatic carbocycles. The van der Waals surface area contributed by atoms with E-state index in [4.69, 9.17) is 4.74 Å². The number of nitrogens with zero attached hydrogens (tertiary/aromatic N) is 2. The van der Waals surface area contributed by atoms with Crippen molar-refractivity contribution in [3.05, 3.63) is 23.9 Å². The van der Waals surface area contributed by atoms with E-state index in [2.05, 4.69) is 10.6 Å². The number of anilines is 1. The molecule has 1 unspecified atom stereocenters. The molecule has 0 saturated heterocycles. The van der Waals surface area contributed by atoms with Crippen molar-refractivity contribution in [2.24, 2.45) is 0 Å². The maximum absolute atomic E-state index is 14.3. The van der Waals surface area contributed by atoms with Crippen molar-refractivity contribution >= 4 is 34.3 Å². The predicted octanol–water partition coefficient (Wildman–Crippen LogP) is 4.21. The van der Waals surface area contributed by atoms with Crippen LogP contribution in [0.4, 0.5) is 5.69 Å². The van der Waals surface area contributed by atoms with E-state index in [0.717, 1.165) is 68.7 Å². The first-order valence-corrected chi connectivity index (χ1v) is 13.0. The average molecular weight is 481 g/mol. The fraction of sp³-hybridized carbons (Fsp3) is 0.593. The molecule has 1 aliphatic heterocycles. The summed E-state index contributed by atoms with van der Waals surface area (Å²) in [5, 5.41) is 6.93. The monoisotopic (exact) mass is 480 g/mol. The molecular weight excluding hydrogens is 444 g/mol. The molecule has 8 nitrogen and oxygen atoms in total. The Kier molecular flexibility index (Phi) is 6.23. The van der Waals surface area contributed by atoms with Gasteiger partial charge in [0.2, 0.25) is 11.8 Å². The SMILES string of the molecule is COc1ccc2c(c1)c(NC(C)=O)c1n2CC(C)(C(=O)NC2CCCC2)N(C2CCCCC2)C1=O. The van der Waals surface area contributed by atoms with Gasteiger partial charge in [-0.2, -0.15) is 0 Å². The van der Waals surface area contributed by atoms with Gasteiger partial charge in [0.25, 0.3) is 5.91 Å². The lowest BCUT2D eigenvalue weighted by molar-refractivity contribution is -0.135. The van der Waals surface area contributed by atoms with Crippen LogP contribution in [-0.2, 0) is 16.1 Å². The van der Waals surface area contributed by atoms with E-state index < -0.39 is 5.54 Å². The second-order valence-corrected chi connectivity index (χ2v) is 10.6. The summed E-state index contributed by atoms with van der Waals surface area (Å²) in [6.07, 6.45) is 9.26. The molecule has 3 amide bonds. The van der Waals surface area contributed by atoms with Gasteiger partial charge in [0, 0.05) is 24.4 Å². The Bertz CT molecular complexity index is 1160. The number of amides is 3. The van der Waals surface area contributed by atoms with Crippen molar-refractivity contribution in [1.82, 2.24) is 14.8 Å². The van der Waals surface area contributed by atoms with Crippen molar-refractivity contribution < 1.29 is 19.1 Å². The third-order valence-corrected chi connectivity index (χ3v) is 8.11. The Labute approximate surface area is 206 Å². The van der Waals surface area contributed by atoms with Crippen molar-refractivity contribution in [2.75, 3.05) is 12.4 Å². The summed E-state index contributed by atoms with van der Waals surface area (Å²) < 4.78 is 7.36. The smallest absolute Gasteiger partial charge is 0.273 e. The molecule has 2 aliphatic carbocycles. The first-order valence-electron chi connectivity index (χ1n) is 13.0. The number of hydrogen-bond acceptors (Lipinski definition) is 4. The highest BCUT2D eigenvalue weighted by atomic mass is 16.5. The van der Waals surface area contributed by atoms with Crippen molar-refractivity contribution in [3.63, 3.8) is 0 Å². The zero-order chi connectivity index (χ0) is 24.7. The number of fused-ring (bicyclic) bond motifs is 3. The highest BCUT2D eigenvalue weighted by molar-refractivity contribution is 6.14. The van der Waals surface area contributed by atoms with E-state index in [1.54, 1.807) is 7.11 Å². The maximum Gasteiger partial charge on any atom is 0.273 e. The lowest BCUT2D eigenvalue weighted by Gasteiger charge is -2.49. The largest absolute Gasteiger partial charge is 0.497 e. The van der Waals surface area contributed by atoms with Crippen LogP contribution in [0.2, 0.25) is 0 Å². The summed E-state index contributed by atoms with van der Waals surface area (Å²) in [6.45, 7) is 3.70. The number of hydrogen-bond donors (Lipinski definition) is 2. The molecule has 8 heteroatoms. The maximum atomic E-state index is 14.3. The molecule has 2 aromatic rings. The topological polar surface area (TPSA) is 92.7 Å². The number of ether oxygens (including phenoxy) is 1. The number of rotatable bonds is 5. The highest BCUT2D eigenvalue weighted by Crippen LogP contribution is 2.42. The van der Waals surface area contributed by atoms with Crippen LogP contribution in [0.15, 0.2) is 18.2 Å². The van der Waals surface area contributed by atoms with Crippen LogP contribution >= 0.6 is 0 Å². The number of carbonyl (C=O) groups excluding carboxylic acids is 3. The number of benzene rings is 1. The van der Waals surface area contributed by atoms with Gasteiger partial charge in [-0.1, -0.05) is 32.1 Å². The zero-order valence-corrected chi connectivity index (χ0v) is 21.0. The fourth-order valence-corrected chi connectivity index (χ4v) is 6.37. The third kappa shape index (κ3) is 4.06. The van der Waals surface area contributed by atoms with Crippen molar-refractivity contribution in [2.45, 2.75) is 95.8 Å². The van der Waals surface area contributed by atoms with Crippen molar-refractivity contribution in [1.29, 1.82) is 0 Å². The van der Waals surface area contributed by atoms with Crippen LogP contribution in [0.1, 0.15) is 82.1 Å². The normalized spacial score (nSPS) is 23.4. The number of carbonyl (C=O) groups is 3. The molecule has 2 heterocycles. The first-order chi connectivity index (χ1) is 16.8. The van der Waals surface area contributed by atoms with Crippen LogP contribution in [0.5, 0.6) is 5.75 Å². The quantitative estimate of drug-likeness (QED) is 0.670. The van der Waals surface area contributed by atoms with Gasteiger partial charge in [0.1, 0.15) is 17.0 Å². The predicted molar refractivity (Wildman–Crippen MR) is 135 cm³/mol. The van der Waals surface area contributed by atoms with E-state index >= 15 is 0 Å². The highest BCUT2D eigenvalue weighted by Gasteiger charge is 2.52. The van der Waals surface area contributed by atoms with Gasteiger partial charge in [-0.05, 0) is 50.8 Å². The summed E-state index contributed by atoms with van der Waals surface area (Å²) in [7, 11) is 1.59. The van der Waals surface area contributed by atoms with Crippen LogP contribution in [-0.4, -0.2) is 51.9 Å². The van der Waals surface area contributed by atoms with Gasteiger partial charge >= 0.3 is 0 Å². The third-order valence-electron chi connectivity index (χ3n) is 8.11. The average Bonchev–Trinajstić information content (AvgIpc) is 3.45. The molecular formula is C27H36N4O4. The van der Waals surface area contributed by atoms with E-state index in [0.29, 0.717) is 23.7 Å². The van der Waals surface area contributed by atoms with E-state index in [1.165, 1.54) is 6.92 Å². The Morgan fingerprint density at radius 1 is 1.06 bits per heavy atom. The first kappa shape index (κ1) is 23.7. The minimum absolute atomic E-state index is 0.00190. The molecule has 1 atom stereocenters. The second-order valence-electron chi connectivity index (χ2n) is 10.6. The lowest BCUT2D eigenvalue weighted by atomic mass is 9.86. The Balaban J connectivity index is 1.66. The molecule has 0 radical (unpaired) electrons. The van der Waals surface area contributed by atoms with Crippen LogP contribution in [0.25, 0.3) is 10.9 Å². The Morgan fingerprint density at radius 2 is 1.74 bits per heavy atom. The standard InChI is InChI=1S/C27H36N4O4/c1-17(32)28-23-21-15-20(35-3)13-14-22(21)30-16-27(2,26(34)29-18-9-7-8-10-18)31(25(33)24(23)30)19-11-5-4-6-12-19/h13-15,18-19H,4-12,16H2,1-3H3,(H,28,32)(H,29,34). The summed E-state index contributed by atoms with van der Waals surface area (Å²) >= 11 is 0. The lowest BCUT2D eigenvalue weighted by Crippen LogP contribution is -2.67. The van der Waals surface area contributed by atoms with E-state index in [1.807, 2.05) is 34.6 Å². The number of methoxy groups -OCH3 is 1. The van der Waals surface area contributed by atoms with Crippen LogP contribution in [0, 0.1) is 0 Å². The molecule has 188 valence electrons. The van der Waals surface area contributed by atoms with Gasteiger partial charge in [-0.3, -0.25) is 14.4 Å². The van der Waals surface area contributed by atoms with Crippen LogP contribution < -0.4 is 15.4 Å². The zero-order valence-electron chi connectivity index (χ0n) is 21.0. The fourth-order valence-electron chi connectivity index (χ4n) is 6.37. The van der Waals surface area contributed by atoms with Gasteiger partial charge in [0.05, 0.1) is 24.9 Å². The van der Waals surface area contributed by atoms with E-state index in [9.17, 15) is 14.4 Å². The molecule has 1 aromatic heterocycles. The summed E-state index contributed by atoms with van der Waals surface area (Å²) in [4.78, 5) is 42.3. The van der Waals surface area contributed by atoms with Crippen LogP contribution in [0.3, 0.4) is 0 Å². The molecule has 2 fully saturated rings. The molecule has 3 aliphatic rings. The molecule has 35 heavy (non-hydrogen) atoms. The van der Waals surface area contributed by atoms with Gasteiger partial charge < -0.3 is 24.8 Å². The van der Waals surface area contributed by atoms with E-state index in [-0.39, 0.29) is 29.8 Å².